The lowest BCUT2D eigenvalue weighted by atomic mass is 10.1. The van der Waals surface area contributed by atoms with Gasteiger partial charge in [0.1, 0.15) is 6.61 Å². The second-order valence-electron chi connectivity index (χ2n) is 6.11. The molecule has 0 aromatic heterocycles. The zero-order valence-electron chi connectivity index (χ0n) is 16.2. The molecular formula is C21H20BrClN2O3S. The number of thioether (sulfide) groups is 1. The van der Waals surface area contributed by atoms with Gasteiger partial charge >= 0.3 is 0 Å². The van der Waals surface area contributed by atoms with Crippen molar-refractivity contribution in [1.29, 1.82) is 0 Å². The predicted octanol–water partition coefficient (Wildman–Crippen LogP) is 5.61. The number of amidine groups is 1. The van der Waals surface area contributed by atoms with E-state index in [1.807, 2.05) is 49.4 Å². The van der Waals surface area contributed by atoms with Gasteiger partial charge in [0.15, 0.2) is 16.7 Å². The molecule has 0 spiro atoms. The minimum atomic E-state index is -0.0838. The van der Waals surface area contributed by atoms with Crippen LogP contribution in [0.1, 0.15) is 18.1 Å². The second kappa shape index (κ2) is 9.69. The van der Waals surface area contributed by atoms with Crippen LogP contribution in [0.4, 0.5) is 0 Å². The molecule has 1 aliphatic heterocycles. The first-order valence-electron chi connectivity index (χ1n) is 8.91. The Morgan fingerprint density at radius 2 is 1.97 bits per heavy atom. The van der Waals surface area contributed by atoms with Crippen molar-refractivity contribution < 1.29 is 14.3 Å². The summed E-state index contributed by atoms with van der Waals surface area (Å²) in [6, 6.07) is 11.2. The molecule has 0 aliphatic carbocycles. The molecule has 2 aromatic carbocycles. The van der Waals surface area contributed by atoms with E-state index >= 15 is 0 Å². The molecule has 0 bridgehead atoms. The Kier molecular flexibility index (Phi) is 7.27. The third-order valence-electron chi connectivity index (χ3n) is 4.19. The minimum Gasteiger partial charge on any atom is -0.490 e. The minimum absolute atomic E-state index is 0.0838. The number of rotatable bonds is 6. The molecule has 0 N–H and O–H groups in total. The number of hydrogen-bond acceptors (Lipinski definition) is 5. The van der Waals surface area contributed by atoms with E-state index in [1.54, 1.807) is 14.1 Å². The fourth-order valence-electron chi connectivity index (χ4n) is 2.70. The summed E-state index contributed by atoms with van der Waals surface area (Å²) >= 11 is 11.1. The molecular weight excluding hydrogens is 476 g/mol. The highest BCUT2D eigenvalue weighted by atomic mass is 79.9. The lowest BCUT2D eigenvalue weighted by molar-refractivity contribution is -0.121. The van der Waals surface area contributed by atoms with Gasteiger partial charge in [0.2, 0.25) is 0 Å². The normalized spacial score (nSPS) is 16.7. The van der Waals surface area contributed by atoms with E-state index < -0.39 is 0 Å². The highest BCUT2D eigenvalue weighted by Gasteiger charge is 2.30. The number of hydrogen-bond donors (Lipinski definition) is 0. The lowest BCUT2D eigenvalue weighted by Crippen LogP contribution is -2.23. The average molecular weight is 496 g/mol. The fraction of sp³-hybridized carbons (Fsp3) is 0.238. The van der Waals surface area contributed by atoms with E-state index in [1.165, 1.54) is 16.7 Å². The molecule has 5 nitrogen and oxygen atoms in total. The SMILES string of the molecule is CCOc1cc(/C=C2/SC(=NC)N(C)C2=O)c(Br)cc1OCc1ccccc1Cl. The van der Waals surface area contributed by atoms with Crippen molar-refractivity contribution in [2.24, 2.45) is 4.99 Å². The molecule has 0 saturated carbocycles. The fourth-order valence-corrected chi connectivity index (χ4v) is 4.25. The highest BCUT2D eigenvalue weighted by Crippen LogP contribution is 2.38. The lowest BCUT2D eigenvalue weighted by Gasteiger charge is -2.14. The standard InChI is InChI=1S/C21H20BrClN2O3S/c1-4-27-17-9-14(10-19-20(26)25(3)21(24-2)29-19)15(22)11-18(17)28-12-13-7-5-6-8-16(13)23/h5-11H,4,12H2,1-3H3/b19-10+,24-21?. The van der Waals surface area contributed by atoms with E-state index in [0.29, 0.717) is 39.8 Å². The summed E-state index contributed by atoms with van der Waals surface area (Å²) in [5.41, 5.74) is 1.71. The molecule has 0 radical (unpaired) electrons. The predicted molar refractivity (Wildman–Crippen MR) is 123 cm³/mol. The Morgan fingerprint density at radius 1 is 1.24 bits per heavy atom. The van der Waals surface area contributed by atoms with Gasteiger partial charge in [-0.15, -0.1) is 0 Å². The van der Waals surface area contributed by atoms with Crippen LogP contribution < -0.4 is 9.47 Å². The number of nitrogens with zero attached hydrogens (tertiary/aromatic N) is 2. The summed E-state index contributed by atoms with van der Waals surface area (Å²) in [4.78, 5) is 18.7. The topological polar surface area (TPSA) is 51.1 Å². The van der Waals surface area contributed by atoms with Crippen LogP contribution >= 0.6 is 39.3 Å². The van der Waals surface area contributed by atoms with Crippen LogP contribution in [0.2, 0.25) is 5.02 Å². The van der Waals surface area contributed by atoms with Crippen molar-refractivity contribution >= 4 is 56.4 Å². The van der Waals surface area contributed by atoms with Crippen LogP contribution in [0.15, 0.2) is 50.8 Å². The smallest absolute Gasteiger partial charge is 0.266 e. The van der Waals surface area contributed by atoms with Crippen LogP contribution in [0, 0.1) is 0 Å². The quantitative estimate of drug-likeness (QED) is 0.489. The largest absolute Gasteiger partial charge is 0.490 e. The number of carbonyl (C=O) groups excluding carboxylic acids is 1. The summed E-state index contributed by atoms with van der Waals surface area (Å²) in [6.45, 7) is 2.72. The number of benzene rings is 2. The van der Waals surface area contributed by atoms with Crippen molar-refractivity contribution in [2.75, 3.05) is 20.7 Å². The average Bonchev–Trinajstić information content (AvgIpc) is 2.98. The number of amides is 1. The van der Waals surface area contributed by atoms with Crippen molar-refractivity contribution in [3.63, 3.8) is 0 Å². The summed E-state index contributed by atoms with van der Waals surface area (Å²) in [6.07, 6.45) is 1.83. The first-order valence-corrected chi connectivity index (χ1v) is 10.9. The molecule has 0 atom stereocenters. The first-order chi connectivity index (χ1) is 13.9. The van der Waals surface area contributed by atoms with Crippen molar-refractivity contribution in [2.45, 2.75) is 13.5 Å². The Morgan fingerprint density at radius 3 is 2.62 bits per heavy atom. The van der Waals surface area contributed by atoms with Gasteiger partial charge in [0.25, 0.3) is 5.91 Å². The zero-order chi connectivity index (χ0) is 21.0. The zero-order valence-corrected chi connectivity index (χ0v) is 19.4. The van der Waals surface area contributed by atoms with Gasteiger partial charge in [0.05, 0.1) is 11.5 Å². The van der Waals surface area contributed by atoms with Crippen LogP contribution in [0.25, 0.3) is 6.08 Å². The van der Waals surface area contributed by atoms with Gasteiger partial charge in [-0.05, 0) is 48.5 Å². The van der Waals surface area contributed by atoms with E-state index in [-0.39, 0.29) is 5.91 Å². The Balaban J connectivity index is 1.89. The van der Waals surface area contributed by atoms with E-state index in [4.69, 9.17) is 21.1 Å². The molecule has 1 aliphatic rings. The molecule has 1 fully saturated rings. The maximum Gasteiger partial charge on any atom is 0.266 e. The number of ether oxygens (including phenoxy) is 2. The monoisotopic (exact) mass is 494 g/mol. The van der Waals surface area contributed by atoms with E-state index in [2.05, 4.69) is 20.9 Å². The molecule has 8 heteroatoms. The van der Waals surface area contributed by atoms with Gasteiger partial charge < -0.3 is 9.47 Å². The third-order valence-corrected chi connectivity index (χ3v) is 6.39. The van der Waals surface area contributed by atoms with Gasteiger partial charge in [0, 0.05) is 29.2 Å². The molecule has 1 amide bonds. The summed E-state index contributed by atoms with van der Waals surface area (Å²) in [5, 5.41) is 1.32. The van der Waals surface area contributed by atoms with Crippen molar-refractivity contribution in [1.82, 2.24) is 4.90 Å². The molecule has 1 heterocycles. The van der Waals surface area contributed by atoms with Crippen LogP contribution in [-0.2, 0) is 11.4 Å². The number of carbonyl (C=O) groups is 1. The van der Waals surface area contributed by atoms with Crippen LogP contribution in [0.5, 0.6) is 11.5 Å². The molecule has 2 aromatic rings. The molecule has 0 unspecified atom stereocenters. The maximum absolute atomic E-state index is 12.4. The van der Waals surface area contributed by atoms with Crippen LogP contribution in [-0.4, -0.2) is 36.7 Å². The van der Waals surface area contributed by atoms with Gasteiger partial charge in [-0.25, -0.2) is 0 Å². The van der Waals surface area contributed by atoms with E-state index in [0.717, 1.165) is 15.6 Å². The summed E-state index contributed by atoms with van der Waals surface area (Å²) < 4.78 is 12.5. The summed E-state index contributed by atoms with van der Waals surface area (Å²) in [5.74, 6) is 1.11. The molecule has 29 heavy (non-hydrogen) atoms. The third kappa shape index (κ3) is 4.97. The van der Waals surface area contributed by atoms with Crippen LogP contribution in [0.3, 0.4) is 0 Å². The Hall–Kier alpha value is -1.96. The highest BCUT2D eigenvalue weighted by molar-refractivity contribution is 9.10. The Bertz CT molecular complexity index is 994. The first kappa shape index (κ1) is 21.7. The number of halogens is 2. The van der Waals surface area contributed by atoms with Gasteiger partial charge in [-0.1, -0.05) is 45.7 Å². The maximum atomic E-state index is 12.4. The molecule has 1 saturated heterocycles. The van der Waals surface area contributed by atoms with Gasteiger partial charge in [-0.2, -0.15) is 0 Å². The number of aliphatic imine (C=N–C) groups is 1. The second-order valence-corrected chi connectivity index (χ2v) is 8.39. The van der Waals surface area contributed by atoms with E-state index in [9.17, 15) is 4.79 Å². The Labute approximate surface area is 187 Å². The van der Waals surface area contributed by atoms with Crippen molar-refractivity contribution in [3.05, 3.63) is 61.9 Å². The number of likely N-dealkylation sites (N-methyl/N-ethyl adjacent to an activating group) is 1. The molecule has 3 rings (SSSR count). The van der Waals surface area contributed by atoms with Crippen molar-refractivity contribution in [3.8, 4) is 11.5 Å². The van der Waals surface area contributed by atoms with Gasteiger partial charge in [-0.3, -0.25) is 14.7 Å². The summed E-state index contributed by atoms with van der Waals surface area (Å²) in [7, 11) is 3.38. The molecule has 152 valence electrons.